The zero-order valence-corrected chi connectivity index (χ0v) is 13.5. The Bertz CT molecular complexity index is 1060. The van der Waals surface area contributed by atoms with Gasteiger partial charge in [0.05, 0.1) is 31.3 Å². The van der Waals surface area contributed by atoms with Crippen molar-refractivity contribution in [1.82, 2.24) is 9.66 Å². The number of rotatable bonds is 4. The number of fused-ring (bicyclic) bond motifs is 1. The van der Waals surface area contributed by atoms with E-state index in [1.165, 1.54) is 32.6 Å². The normalized spacial score (nSPS) is 11.1. The van der Waals surface area contributed by atoms with Gasteiger partial charge in [-0.25, -0.2) is 4.79 Å². The highest BCUT2D eigenvalue weighted by molar-refractivity contribution is 5.82. The molecule has 0 bridgehead atoms. The maximum absolute atomic E-state index is 12.4. The molecule has 25 heavy (non-hydrogen) atoms. The summed E-state index contributed by atoms with van der Waals surface area (Å²) in [6, 6.07) is 9.67. The summed E-state index contributed by atoms with van der Waals surface area (Å²) in [6.07, 6.45) is 1.30. The minimum Gasteiger partial charge on any atom is -0.502 e. The first-order valence-electron chi connectivity index (χ1n) is 7.28. The molecule has 0 spiro atoms. The second-order valence-electron chi connectivity index (χ2n) is 5.11. The molecule has 3 rings (SSSR count). The highest BCUT2D eigenvalue weighted by atomic mass is 16.5. The van der Waals surface area contributed by atoms with E-state index in [2.05, 4.69) is 10.1 Å². The van der Waals surface area contributed by atoms with Crippen LogP contribution in [0.15, 0.2) is 51.1 Å². The third-order valence-electron chi connectivity index (χ3n) is 3.61. The number of aromatic nitrogens is 2. The second-order valence-corrected chi connectivity index (χ2v) is 5.11. The van der Waals surface area contributed by atoms with Crippen molar-refractivity contribution in [2.75, 3.05) is 14.2 Å². The molecule has 1 heterocycles. The van der Waals surface area contributed by atoms with Crippen molar-refractivity contribution in [2.45, 2.75) is 0 Å². The minimum atomic E-state index is -0.655. The van der Waals surface area contributed by atoms with Gasteiger partial charge in [-0.05, 0) is 24.3 Å². The number of nitrogens with zero attached hydrogens (tertiary/aromatic N) is 2. The number of phenols is 1. The first-order valence-corrected chi connectivity index (χ1v) is 7.28. The third-order valence-corrected chi connectivity index (χ3v) is 3.61. The molecule has 0 saturated heterocycles. The molecule has 2 aromatic carbocycles. The van der Waals surface area contributed by atoms with Crippen LogP contribution in [0.4, 0.5) is 0 Å². The van der Waals surface area contributed by atoms with Gasteiger partial charge in [-0.15, -0.1) is 4.68 Å². The number of hydrogen-bond donors (Lipinski definition) is 2. The van der Waals surface area contributed by atoms with Gasteiger partial charge >= 0.3 is 5.69 Å². The predicted octanol–water partition coefficient (Wildman–Crippen LogP) is 1.29. The Morgan fingerprint density at radius 2 is 1.76 bits per heavy atom. The van der Waals surface area contributed by atoms with Crippen molar-refractivity contribution < 1.29 is 14.6 Å². The van der Waals surface area contributed by atoms with Gasteiger partial charge in [-0.2, -0.15) is 5.10 Å². The van der Waals surface area contributed by atoms with E-state index >= 15 is 0 Å². The Labute approximate surface area is 141 Å². The molecule has 0 amide bonds. The molecule has 0 aliphatic rings. The number of benzene rings is 2. The predicted molar refractivity (Wildman–Crippen MR) is 93.0 cm³/mol. The summed E-state index contributed by atoms with van der Waals surface area (Å²) in [6.45, 7) is 0. The standard InChI is InChI=1S/C17H15N3O5/c1-24-13-7-10(8-14(25-2)15(13)21)9-18-20-16(22)11-5-3-4-6-12(11)19-17(20)23/h3-9,21H,1-2H3,(H,19,23)/b18-9+. The molecule has 128 valence electrons. The lowest BCUT2D eigenvalue weighted by Crippen LogP contribution is -2.32. The summed E-state index contributed by atoms with van der Waals surface area (Å²) in [5, 5.41) is 14.2. The largest absolute Gasteiger partial charge is 0.502 e. The minimum absolute atomic E-state index is 0.150. The molecule has 3 aromatic rings. The SMILES string of the molecule is COc1cc(/C=N/n2c(=O)[nH]c3ccccc3c2=O)cc(OC)c1O. The zero-order valence-electron chi connectivity index (χ0n) is 13.5. The van der Waals surface area contributed by atoms with Crippen LogP contribution in [0, 0.1) is 0 Å². The summed E-state index contributed by atoms with van der Waals surface area (Å²) in [5.41, 5.74) is -0.270. The van der Waals surface area contributed by atoms with Gasteiger partial charge < -0.3 is 19.6 Å². The summed E-state index contributed by atoms with van der Waals surface area (Å²) in [7, 11) is 2.79. The molecule has 0 aliphatic heterocycles. The van der Waals surface area contributed by atoms with E-state index in [0.29, 0.717) is 16.5 Å². The van der Waals surface area contributed by atoms with Crippen LogP contribution in [0.25, 0.3) is 10.9 Å². The molecule has 0 radical (unpaired) electrons. The average molecular weight is 341 g/mol. The van der Waals surface area contributed by atoms with Gasteiger partial charge in [-0.1, -0.05) is 12.1 Å². The lowest BCUT2D eigenvalue weighted by molar-refractivity contribution is 0.340. The van der Waals surface area contributed by atoms with Crippen LogP contribution in [0.2, 0.25) is 0 Å². The second kappa shape index (κ2) is 6.52. The Balaban J connectivity index is 2.10. The smallest absolute Gasteiger partial charge is 0.349 e. The number of nitrogens with one attached hydrogen (secondary N) is 1. The van der Waals surface area contributed by atoms with E-state index in [9.17, 15) is 14.7 Å². The number of hydrogen-bond acceptors (Lipinski definition) is 6. The van der Waals surface area contributed by atoms with Crippen LogP contribution in [-0.4, -0.2) is 35.2 Å². The fourth-order valence-corrected chi connectivity index (χ4v) is 2.37. The molecule has 0 saturated carbocycles. The quantitative estimate of drug-likeness (QED) is 0.696. The van der Waals surface area contributed by atoms with Crippen molar-refractivity contribution in [3.8, 4) is 17.2 Å². The first kappa shape index (κ1) is 16.3. The fourth-order valence-electron chi connectivity index (χ4n) is 2.37. The highest BCUT2D eigenvalue weighted by Gasteiger charge is 2.11. The molecule has 8 nitrogen and oxygen atoms in total. The van der Waals surface area contributed by atoms with Crippen molar-refractivity contribution in [2.24, 2.45) is 5.10 Å². The number of methoxy groups -OCH3 is 2. The molecule has 8 heteroatoms. The third kappa shape index (κ3) is 2.97. The van der Waals surface area contributed by atoms with Crippen LogP contribution >= 0.6 is 0 Å². The van der Waals surface area contributed by atoms with Gasteiger partial charge in [0.25, 0.3) is 5.56 Å². The summed E-state index contributed by atoms with van der Waals surface area (Å²) >= 11 is 0. The first-order chi connectivity index (χ1) is 12.0. The van der Waals surface area contributed by atoms with Crippen molar-refractivity contribution in [1.29, 1.82) is 0 Å². The number of para-hydroxylation sites is 1. The Hall–Kier alpha value is -3.55. The van der Waals surface area contributed by atoms with Gasteiger partial charge in [-0.3, -0.25) is 4.79 Å². The number of phenolic OH excluding ortho intramolecular Hbond substituents is 1. The summed E-state index contributed by atoms with van der Waals surface area (Å²) in [4.78, 5) is 27.1. The molecular formula is C17H15N3O5. The van der Waals surface area contributed by atoms with Crippen LogP contribution < -0.4 is 20.7 Å². The zero-order chi connectivity index (χ0) is 18.0. The van der Waals surface area contributed by atoms with Crippen LogP contribution in [0.5, 0.6) is 17.2 Å². The molecule has 0 atom stereocenters. The number of aromatic amines is 1. The van der Waals surface area contributed by atoms with E-state index < -0.39 is 11.2 Å². The van der Waals surface area contributed by atoms with E-state index in [1.807, 2.05) is 0 Å². The number of ether oxygens (including phenoxy) is 2. The molecule has 1 aromatic heterocycles. The molecule has 0 unspecified atom stereocenters. The topological polar surface area (TPSA) is 106 Å². The Kier molecular flexibility index (Phi) is 4.25. The van der Waals surface area contributed by atoms with E-state index in [4.69, 9.17) is 9.47 Å². The Morgan fingerprint density at radius 3 is 2.40 bits per heavy atom. The Morgan fingerprint density at radius 1 is 1.12 bits per heavy atom. The molecule has 0 aliphatic carbocycles. The van der Waals surface area contributed by atoms with Crippen LogP contribution in [0.3, 0.4) is 0 Å². The molecule has 2 N–H and O–H groups in total. The monoisotopic (exact) mass is 341 g/mol. The fraction of sp³-hybridized carbons (Fsp3) is 0.118. The number of aromatic hydroxyl groups is 1. The van der Waals surface area contributed by atoms with Crippen molar-refractivity contribution in [3.63, 3.8) is 0 Å². The summed E-state index contributed by atoms with van der Waals surface area (Å²) in [5.74, 6) is 0.212. The lowest BCUT2D eigenvalue weighted by atomic mass is 10.2. The summed E-state index contributed by atoms with van der Waals surface area (Å²) < 4.78 is 10.8. The van der Waals surface area contributed by atoms with Crippen LogP contribution in [0.1, 0.15) is 5.56 Å². The molecular weight excluding hydrogens is 326 g/mol. The van der Waals surface area contributed by atoms with Crippen molar-refractivity contribution >= 4 is 17.1 Å². The van der Waals surface area contributed by atoms with Crippen LogP contribution in [-0.2, 0) is 0 Å². The maximum atomic E-state index is 12.4. The maximum Gasteiger partial charge on any atom is 0.349 e. The van der Waals surface area contributed by atoms with E-state index in [-0.39, 0.29) is 17.2 Å². The van der Waals surface area contributed by atoms with Gasteiger partial charge in [0.2, 0.25) is 5.75 Å². The van der Waals surface area contributed by atoms with E-state index in [0.717, 1.165) is 4.68 Å². The van der Waals surface area contributed by atoms with Gasteiger partial charge in [0.1, 0.15) is 0 Å². The average Bonchev–Trinajstić information content (AvgIpc) is 2.62. The van der Waals surface area contributed by atoms with Gasteiger partial charge in [0, 0.05) is 5.56 Å². The number of H-pyrrole nitrogens is 1. The molecule has 0 fully saturated rings. The van der Waals surface area contributed by atoms with Crippen molar-refractivity contribution in [3.05, 3.63) is 62.8 Å². The van der Waals surface area contributed by atoms with Gasteiger partial charge in [0.15, 0.2) is 11.5 Å². The van der Waals surface area contributed by atoms with E-state index in [1.54, 1.807) is 24.3 Å². The highest BCUT2D eigenvalue weighted by Crippen LogP contribution is 2.36. The lowest BCUT2D eigenvalue weighted by Gasteiger charge is -2.09.